The van der Waals surface area contributed by atoms with Crippen molar-refractivity contribution < 1.29 is 8.42 Å². The molecule has 1 saturated heterocycles. The fraction of sp³-hybridized carbons (Fsp3) is 0.500. The number of aromatic nitrogens is 2. The smallest absolute Gasteiger partial charge is 0.214 e. The fourth-order valence-electron chi connectivity index (χ4n) is 3.19. The van der Waals surface area contributed by atoms with Crippen LogP contribution in [-0.2, 0) is 10.0 Å². The number of nitrogens with zero attached hydrogens (tertiary/aromatic N) is 3. The Kier molecular flexibility index (Phi) is 5.36. The van der Waals surface area contributed by atoms with Crippen molar-refractivity contribution in [2.24, 2.45) is 0 Å². The Bertz CT molecular complexity index is 748. The first-order valence-corrected chi connectivity index (χ1v) is 10.3. The molecule has 1 aliphatic heterocycles. The molecular weight excluding hydrogens is 322 g/mol. The summed E-state index contributed by atoms with van der Waals surface area (Å²) in [6, 6.07) is 10.0. The summed E-state index contributed by atoms with van der Waals surface area (Å²) >= 11 is 0. The molecule has 2 aromatic rings. The highest BCUT2D eigenvalue weighted by Gasteiger charge is 2.28. The predicted molar refractivity (Wildman–Crippen MR) is 95.8 cm³/mol. The van der Waals surface area contributed by atoms with Crippen LogP contribution in [0.3, 0.4) is 0 Å². The van der Waals surface area contributed by atoms with Crippen LogP contribution in [0.1, 0.15) is 44.1 Å². The molecule has 5 nitrogen and oxygen atoms in total. The molecule has 0 bridgehead atoms. The summed E-state index contributed by atoms with van der Waals surface area (Å²) in [4.78, 5) is 0. The molecule has 0 aliphatic carbocycles. The molecule has 0 atom stereocenters. The first-order valence-electron chi connectivity index (χ1n) is 8.68. The third kappa shape index (κ3) is 3.87. The predicted octanol–water partition coefficient (Wildman–Crippen LogP) is 3.18. The van der Waals surface area contributed by atoms with Crippen molar-refractivity contribution in [3.63, 3.8) is 0 Å². The third-order valence-electron chi connectivity index (χ3n) is 4.70. The van der Waals surface area contributed by atoms with E-state index in [-0.39, 0.29) is 5.75 Å². The average molecular weight is 347 g/mol. The average Bonchev–Trinajstić information content (AvgIpc) is 3.11. The molecule has 2 heterocycles. The Morgan fingerprint density at radius 1 is 1.17 bits per heavy atom. The minimum absolute atomic E-state index is 0.278. The Labute approximate surface area is 144 Å². The van der Waals surface area contributed by atoms with Crippen LogP contribution in [0.2, 0.25) is 0 Å². The van der Waals surface area contributed by atoms with Gasteiger partial charge in [-0.15, -0.1) is 0 Å². The van der Waals surface area contributed by atoms with Crippen molar-refractivity contribution in [2.45, 2.75) is 38.5 Å². The van der Waals surface area contributed by atoms with E-state index < -0.39 is 10.0 Å². The molecule has 0 N–H and O–H groups in total. The fourth-order valence-corrected chi connectivity index (χ4v) is 4.87. The van der Waals surface area contributed by atoms with Gasteiger partial charge in [-0.1, -0.05) is 31.5 Å². The summed E-state index contributed by atoms with van der Waals surface area (Å²) in [6.45, 7) is 3.26. The zero-order valence-electron chi connectivity index (χ0n) is 14.1. The monoisotopic (exact) mass is 347 g/mol. The summed E-state index contributed by atoms with van der Waals surface area (Å²) in [5, 5.41) is 4.45. The second kappa shape index (κ2) is 7.49. The maximum absolute atomic E-state index is 12.3. The molecule has 0 amide bonds. The van der Waals surface area contributed by atoms with E-state index in [4.69, 9.17) is 0 Å². The Morgan fingerprint density at radius 3 is 2.54 bits per heavy atom. The highest BCUT2D eigenvalue weighted by atomic mass is 32.2. The molecule has 0 radical (unpaired) electrons. The number of benzene rings is 1. The van der Waals surface area contributed by atoms with Crippen molar-refractivity contribution in [1.82, 2.24) is 14.1 Å². The van der Waals surface area contributed by atoms with Gasteiger partial charge in [0.05, 0.1) is 17.6 Å². The highest BCUT2D eigenvalue weighted by molar-refractivity contribution is 7.89. The van der Waals surface area contributed by atoms with E-state index >= 15 is 0 Å². The van der Waals surface area contributed by atoms with E-state index in [1.165, 1.54) is 5.56 Å². The summed E-state index contributed by atoms with van der Waals surface area (Å²) in [5.41, 5.74) is 2.24. The Balaban J connectivity index is 1.62. The van der Waals surface area contributed by atoms with Crippen LogP contribution in [0.5, 0.6) is 0 Å². The van der Waals surface area contributed by atoms with Crippen LogP contribution in [0.25, 0.3) is 5.69 Å². The number of hydrogen-bond acceptors (Lipinski definition) is 3. The number of sulfonamides is 1. The van der Waals surface area contributed by atoms with Crippen LogP contribution in [0, 0.1) is 0 Å². The maximum atomic E-state index is 12.3. The molecule has 1 aromatic heterocycles. The number of para-hydroxylation sites is 1. The summed E-state index contributed by atoms with van der Waals surface area (Å²) in [5.74, 6) is 0.667. The molecule has 6 heteroatoms. The minimum atomic E-state index is -3.08. The van der Waals surface area contributed by atoms with Gasteiger partial charge in [-0.3, -0.25) is 0 Å². The molecule has 3 rings (SSSR count). The SMILES string of the molecule is CCCCS(=O)(=O)N1CCC(c2cnn(-c3ccccc3)c2)CC1. The second-order valence-electron chi connectivity index (χ2n) is 6.40. The van der Waals surface area contributed by atoms with E-state index in [9.17, 15) is 8.42 Å². The third-order valence-corrected chi connectivity index (χ3v) is 6.65. The zero-order valence-corrected chi connectivity index (χ0v) is 15.0. The second-order valence-corrected chi connectivity index (χ2v) is 8.49. The van der Waals surface area contributed by atoms with Gasteiger partial charge in [-0.2, -0.15) is 5.10 Å². The van der Waals surface area contributed by atoms with Gasteiger partial charge in [-0.25, -0.2) is 17.4 Å². The van der Waals surface area contributed by atoms with Crippen LogP contribution in [-0.4, -0.2) is 41.3 Å². The molecule has 0 saturated carbocycles. The summed E-state index contributed by atoms with van der Waals surface area (Å²) in [7, 11) is -3.08. The van der Waals surface area contributed by atoms with E-state index in [1.54, 1.807) is 4.31 Å². The molecule has 24 heavy (non-hydrogen) atoms. The van der Waals surface area contributed by atoms with Gasteiger partial charge < -0.3 is 0 Å². The molecule has 1 aromatic carbocycles. The van der Waals surface area contributed by atoms with Gasteiger partial charge in [0, 0.05) is 19.3 Å². The summed E-state index contributed by atoms with van der Waals surface area (Å²) < 4.78 is 28.1. The Hall–Kier alpha value is -1.66. The van der Waals surface area contributed by atoms with Gasteiger partial charge in [0.15, 0.2) is 0 Å². The lowest BCUT2D eigenvalue weighted by molar-refractivity contribution is 0.319. The van der Waals surface area contributed by atoms with Gasteiger partial charge in [0.1, 0.15) is 0 Å². The van der Waals surface area contributed by atoms with Crippen LogP contribution < -0.4 is 0 Å². The van der Waals surface area contributed by atoms with E-state index in [1.807, 2.05) is 48.1 Å². The largest absolute Gasteiger partial charge is 0.241 e. The van der Waals surface area contributed by atoms with Gasteiger partial charge >= 0.3 is 0 Å². The van der Waals surface area contributed by atoms with Crippen molar-refractivity contribution >= 4 is 10.0 Å². The Morgan fingerprint density at radius 2 is 1.88 bits per heavy atom. The van der Waals surface area contributed by atoms with Crippen molar-refractivity contribution in [1.29, 1.82) is 0 Å². The standard InChI is InChI=1S/C18H25N3O2S/c1-2-3-13-24(22,23)20-11-9-16(10-12-20)17-14-19-21(15-17)18-7-5-4-6-8-18/h4-8,14-16H,2-3,9-13H2,1H3. The lowest BCUT2D eigenvalue weighted by atomic mass is 9.93. The number of piperidine rings is 1. The minimum Gasteiger partial charge on any atom is -0.241 e. The van der Waals surface area contributed by atoms with Crippen LogP contribution in [0.15, 0.2) is 42.7 Å². The van der Waals surface area contributed by atoms with Gasteiger partial charge in [-0.05, 0) is 42.9 Å². The molecule has 130 valence electrons. The van der Waals surface area contributed by atoms with Gasteiger partial charge in [0.2, 0.25) is 10.0 Å². The molecule has 1 fully saturated rings. The normalized spacial score (nSPS) is 17.2. The number of hydrogen-bond donors (Lipinski definition) is 0. The first kappa shape index (κ1) is 17.2. The molecular formula is C18H25N3O2S. The number of unbranched alkanes of at least 4 members (excludes halogenated alkanes) is 1. The molecule has 0 unspecified atom stereocenters. The van der Waals surface area contributed by atoms with E-state index in [2.05, 4.69) is 11.3 Å². The van der Waals surface area contributed by atoms with Crippen molar-refractivity contribution in [3.05, 3.63) is 48.3 Å². The lowest BCUT2D eigenvalue weighted by Gasteiger charge is -2.30. The zero-order chi connectivity index (χ0) is 17.0. The van der Waals surface area contributed by atoms with Gasteiger partial charge in [0.25, 0.3) is 0 Å². The molecule has 1 aliphatic rings. The summed E-state index contributed by atoms with van der Waals surface area (Å²) in [6.07, 6.45) is 7.37. The van der Waals surface area contributed by atoms with Crippen LogP contribution >= 0.6 is 0 Å². The van der Waals surface area contributed by atoms with E-state index in [0.717, 1.165) is 31.4 Å². The van der Waals surface area contributed by atoms with E-state index in [0.29, 0.717) is 19.0 Å². The number of rotatable bonds is 6. The lowest BCUT2D eigenvalue weighted by Crippen LogP contribution is -2.39. The maximum Gasteiger partial charge on any atom is 0.214 e. The van der Waals surface area contributed by atoms with Crippen molar-refractivity contribution in [2.75, 3.05) is 18.8 Å². The molecule has 0 spiro atoms. The first-order chi connectivity index (χ1) is 11.6. The van der Waals surface area contributed by atoms with Crippen molar-refractivity contribution in [3.8, 4) is 5.69 Å². The highest BCUT2D eigenvalue weighted by Crippen LogP contribution is 2.29. The quantitative estimate of drug-likeness (QED) is 0.806. The topological polar surface area (TPSA) is 55.2 Å². The van der Waals surface area contributed by atoms with Crippen LogP contribution in [0.4, 0.5) is 0 Å².